The third-order valence-electron chi connectivity index (χ3n) is 6.00. The number of nitrogens with one attached hydrogen (secondary N) is 3. The Bertz CT molecular complexity index is 1380. The molecule has 1 amide bonds. The number of carbonyl (C=O) groups is 1. The van der Waals surface area contributed by atoms with E-state index < -0.39 is 17.5 Å². The second kappa shape index (κ2) is 10.2. The summed E-state index contributed by atoms with van der Waals surface area (Å²) in [4.78, 5) is 25.9. The van der Waals surface area contributed by atoms with Crippen LogP contribution in [0.15, 0.2) is 48.7 Å². The van der Waals surface area contributed by atoms with Crippen molar-refractivity contribution in [1.82, 2.24) is 35.8 Å². The molecule has 36 heavy (non-hydrogen) atoms. The highest BCUT2D eigenvalue weighted by Crippen LogP contribution is 2.26. The monoisotopic (exact) mass is 490 g/mol. The number of rotatable bonds is 6. The van der Waals surface area contributed by atoms with Gasteiger partial charge in [-0.1, -0.05) is 18.2 Å². The van der Waals surface area contributed by atoms with Crippen LogP contribution in [0.2, 0.25) is 0 Å². The van der Waals surface area contributed by atoms with Crippen molar-refractivity contribution in [3.8, 4) is 22.8 Å². The standard InChI is InChI=1S/C25H24F2N8O/c26-18-8-17(9-19(27)10-18)25(36)31-11-14-3-1-4-15(7-14)20-13-30-22(28)21(32-20)24-33-23(34-35-24)16-5-2-6-29-12-16/h1,3-4,7-10,13,16,29H,2,5-6,11-12H2,(H2,28,30)(H,31,36)(H,33,34,35). The number of anilines is 1. The molecule has 2 aromatic carbocycles. The van der Waals surface area contributed by atoms with E-state index in [2.05, 4.69) is 35.8 Å². The molecule has 9 nitrogen and oxygen atoms in total. The van der Waals surface area contributed by atoms with E-state index in [1.165, 1.54) is 0 Å². The van der Waals surface area contributed by atoms with Gasteiger partial charge in [-0.05, 0) is 43.1 Å². The fourth-order valence-electron chi connectivity index (χ4n) is 4.16. The van der Waals surface area contributed by atoms with Gasteiger partial charge in [-0.3, -0.25) is 9.89 Å². The number of aromatic amines is 1. The summed E-state index contributed by atoms with van der Waals surface area (Å²) in [5.41, 5.74) is 8.46. The molecule has 2 aromatic heterocycles. The van der Waals surface area contributed by atoms with Crippen LogP contribution in [-0.4, -0.2) is 44.1 Å². The quantitative estimate of drug-likeness (QED) is 0.326. The minimum absolute atomic E-state index is 0.0902. The van der Waals surface area contributed by atoms with E-state index in [-0.39, 0.29) is 23.8 Å². The average Bonchev–Trinajstić information content (AvgIpc) is 3.38. The van der Waals surface area contributed by atoms with Crippen molar-refractivity contribution in [3.05, 3.63) is 77.2 Å². The van der Waals surface area contributed by atoms with Crippen LogP contribution in [0.5, 0.6) is 0 Å². The lowest BCUT2D eigenvalue weighted by molar-refractivity contribution is 0.0950. The fraction of sp³-hybridized carbons (Fsp3) is 0.240. The summed E-state index contributed by atoms with van der Waals surface area (Å²) in [5, 5.41) is 13.4. The Kier molecular flexibility index (Phi) is 6.63. The fourth-order valence-corrected chi connectivity index (χ4v) is 4.16. The predicted molar refractivity (Wildman–Crippen MR) is 130 cm³/mol. The Labute approximate surface area is 205 Å². The van der Waals surface area contributed by atoms with Gasteiger partial charge in [0.1, 0.15) is 17.5 Å². The van der Waals surface area contributed by atoms with Gasteiger partial charge in [-0.25, -0.2) is 23.7 Å². The SMILES string of the molecule is Nc1ncc(-c2cccc(CNC(=O)c3cc(F)cc(F)c3)c2)nc1-c1n[nH]c(C2CCCNC2)n1. The van der Waals surface area contributed by atoms with Gasteiger partial charge in [0.25, 0.3) is 5.91 Å². The zero-order valence-electron chi connectivity index (χ0n) is 19.3. The van der Waals surface area contributed by atoms with Crippen LogP contribution in [0.25, 0.3) is 22.8 Å². The van der Waals surface area contributed by atoms with Crippen molar-refractivity contribution < 1.29 is 13.6 Å². The highest BCUT2D eigenvalue weighted by atomic mass is 19.1. The van der Waals surface area contributed by atoms with E-state index in [1.807, 2.05) is 24.3 Å². The molecule has 1 atom stereocenters. The lowest BCUT2D eigenvalue weighted by atomic mass is 9.99. The maximum absolute atomic E-state index is 13.4. The molecule has 1 unspecified atom stereocenters. The molecule has 184 valence electrons. The summed E-state index contributed by atoms with van der Waals surface area (Å²) in [6.07, 6.45) is 3.67. The summed E-state index contributed by atoms with van der Waals surface area (Å²) in [7, 11) is 0. The molecule has 5 rings (SSSR count). The van der Waals surface area contributed by atoms with Crippen molar-refractivity contribution in [1.29, 1.82) is 0 Å². The van der Waals surface area contributed by atoms with E-state index in [4.69, 9.17) is 5.73 Å². The number of halogens is 2. The average molecular weight is 491 g/mol. The second-order valence-corrected chi connectivity index (χ2v) is 8.62. The molecule has 0 radical (unpaired) electrons. The van der Waals surface area contributed by atoms with Crippen LogP contribution in [0.1, 0.15) is 40.5 Å². The number of H-pyrrole nitrogens is 1. The largest absolute Gasteiger partial charge is 0.382 e. The number of benzene rings is 2. The molecule has 1 fully saturated rings. The number of nitrogens with two attached hydrogens (primary N) is 1. The molecular formula is C25H24F2N8O. The smallest absolute Gasteiger partial charge is 0.251 e. The van der Waals surface area contributed by atoms with E-state index in [0.29, 0.717) is 23.3 Å². The molecular weight excluding hydrogens is 466 g/mol. The highest BCUT2D eigenvalue weighted by molar-refractivity contribution is 5.94. The van der Waals surface area contributed by atoms with Crippen LogP contribution >= 0.6 is 0 Å². The van der Waals surface area contributed by atoms with Gasteiger partial charge in [0.2, 0.25) is 5.82 Å². The predicted octanol–water partition coefficient (Wildman–Crippen LogP) is 3.19. The minimum atomic E-state index is -0.811. The minimum Gasteiger partial charge on any atom is -0.382 e. The zero-order chi connectivity index (χ0) is 25.1. The summed E-state index contributed by atoms with van der Waals surface area (Å²) in [5.74, 6) is -0.553. The molecule has 1 aliphatic heterocycles. The van der Waals surface area contributed by atoms with Gasteiger partial charge in [0.05, 0.1) is 11.9 Å². The first-order chi connectivity index (χ1) is 17.5. The number of nitrogens with zero attached hydrogens (tertiary/aromatic N) is 4. The summed E-state index contributed by atoms with van der Waals surface area (Å²) >= 11 is 0. The Morgan fingerprint density at radius 3 is 2.75 bits per heavy atom. The van der Waals surface area contributed by atoms with Crippen LogP contribution in [0, 0.1) is 11.6 Å². The first kappa shape index (κ1) is 23.5. The van der Waals surface area contributed by atoms with Gasteiger partial charge < -0.3 is 16.4 Å². The van der Waals surface area contributed by atoms with E-state index in [0.717, 1.165) is 55.0 Å². The molecule has 4 aromatic rings. The van der Waals surface area contributed by atoms with Gasteiger partial charge in [0.15, 0.2) is 11.5 Å². The third-order valence-corrected chi connectivity index (χ3v) is 6.00. The summed E-state index contributed by atoms with van der Waals surface area (Å²) < 4.78 is 26.8. The molecule has 0 aliphatic carbocycles. The molecule has 0 saturated carbocycles. The maximum atomic E-state index is 13.4. The van der Waals surface area contributed by atoms with Crippen LogP contribution in [0.3, 0.4) is 0 Å². The van der Waals surface area contributed by atoms with E-state index in [1.54, 1.807) is 6.20 Å². The normalized spacial score (nSPS) is 15.6. The van der Waals surface area contributed by atoms with Crippen molar-refractivity contribution in [2.75, 3.05) is 18.8 Å². The molecule has 0 bridgehead atoms. The molecule has 5 N–H and O–H groups in total. The zero-order valence-corrected chi connectivity index (χ0v) is 19.3. The number of aromatic nitrogens is 5. The van der Waals surface area contributed by atoms with Crippen molar-refractivity contribution in [2.24, 2.45) is 0 Å². The van der Waals surface area contributed by atoms with Crippen molar-refractivity contribution in [3.63, 3.8) is 0 Å². The second-order valence-electron chi connectivity index (χ2n) is 8.62. The molecule has 3 heterocycles. The molecule has 1 aliphatic rings. The topological polar surface area (TPSA) is 134 Å². The van der Waals surface area contributed by atoms with Crippen molar-refractivity contribution in [2.45, 2.75) is 25.3 Å². The van der Waals surface area contributed by atoms with Gasteiger partial charge in [-0.2, -0.15) is 5.10 Å². The first-order valence-corrected chi connectivity index (χ1v) is 11.6. The highest BCUT2D eigenvalue weighted by Gasteiger charge is 2.21. The summed E-state index contributed by atoms with van der Waals surface area (Å²) in [6, 6.07) is 10.0. The lowest BCUT2D eigenvalue weighted by Gasteiger charge is -2.20. The molecule has 11 heteroatoms. The Morgan fingerprint density at radius 1 is 1.14 bits per heavy atom. The molecule has 1 saturated heterocycles. The summed E-state index contributed by atoms with van der Waals surface area (Å²) in [6.45, 7) is 2.00. The lowest BCUT2D eigenvalue weighted by Crippen LogP contribution is -2.28. The van der Waals surface area contributed by atoms with Gasteiger partial charge >= 0.3 is 0 Å². The first-order valence-electron chi connectivity index (χ1n) is 11.6. The Morgan fingerprint density at radius 2 is 1.97 bits per heavy atom. The molecule has 0 spiro atoms. The van der Waals surface area contributed by atoms with Crippen LogP contribution in [0.4, 0.5) is 14.6 Å². The number of piperidine rings is 1. The van der Waals surface area contributed by atoms with Crippen molar-refractivity contribution >= 4 is 11.7 Å². The van der Waals surface area contributed by atoms with Gasteiger partial charge in [0, 0.05) is 36.2 Å². The Hall–Kier alpha value is -4.25. The number of hydrogen-bond donors (Lipinski definition) is 4. The van der Waals surface area contributed by atoms with Crippen LogP contribution in [-0.2, 0) is 6.54 Å². The van der Waals surface area contributed by atoms with E-state index >= 15 is 0 Å². The van der Waals surface area contributed by atoms with Gasteiger partial charge in [-0.15, -0.1) is 0 Å². The number of carbonyl (C=O) groups excluding carboxylic acids is 1. The van der Waals surface area contributed by atoms with E-state index in [9.17, 15) is 13.6 Å². The number of amides is 1. The number of nitrogen functional groups attached to an aromatic ring is 1. The Balaban J connectivity index is 1.33. The maximum Gasteiger partial charge on any atom is 0.251 e. The third kappa shape index (κ3) is 5.20. The number of hydrogen-bond acceptors (Lipinski definition) is 7. The van der Waals surface area contributed by atoms with Crippen LogP contribution < -0.4 is 16.4 Å².